The van der Waals surface area contributed by atoms with Crippen molar-refractivity contribution >= 4 is 16.9 Å². The Morgan fingerprint density at radius 3 is 2.10 bits per heavy atom. The van der Waals surface area contributed by atoms with Crippen LogP contribution in [0.15, 0.2) is 46.9 Å². The number of alkyl halides is 9. The lowest BCUT2D eigenvalue weighted by atomic mass is 9.79. The smallest absolute Gasteiger partial charge is 0.487 e. The van der Waals surface area contributed by atoms with Gasteiger partial charge >= 0.3 is 30.1 Å². The molecule has 1 atom stereocenters. The quantitative estimate of drug-likeness (QED) is 0.0811. The van der Waals surface area contributed by atoms with E-state index < -0.39 is 71.8 Å². The molecule has 0 saturated heterocycles. The van der Waals surface area contributed by atoms with Gasteiger partial charge < -0.3 is 30.1 Å². The van der Waals surface area contributed by atoms with Gasteiger partial charge in [-0.05, 0) is 82.9 Å². The normalized spacial score (nSPS) is 14.2. The Labute approximate surface area is 283 Å². The SMILES string of the molecule is CCCCCc1ccc(-c2cc3ccc(OCC(F)(F)C(F)(F)C(F)(F)COC(=O)C(C)(C)C(N)CC(C)(C)N)cc3o2)c(OC(F)(F)F)c1. The van der Waals surface area contributed by atoms with E-state index in [1.54, 1.807) is 19.9 Å². The third-order valence-corrected chi connectivity index (χ3v) is 8.02. The third kappa shape index (κ3) is 9.98. The predicted molar refractivity (Wildman–Crippen MR) is 167 cm³/mol. The Bertz CT molecular complexity index is 1610. The number of carbonyl (C=O) groups excluding carboxylic acids is 1. The van der Waals surface area contributed by atoms with Crippen LogP contribution in [0.25, 0.3) is 22.3 Å². The van der Waals surface area contributed by atoms with Crippen LogP contribution >= 0.6 is 0 Å². The van der Waals surface area contributed by atoms with Crippen LogP contribution in [0.1, 0.15) is 65.9 Å². The molecule has 280 valence electrons. The van der Waals surface area contributed by atoms with Crippen molar-refractivity contribution in [3.8, 4) is 22.8 Å². The van der Waals surface area contributed by atoms with Crippen LogP contribution in [0, 0.1) is 5.41 Å². The molecule has 0 amide bonds. The molecular weight excluding hydrogens is 687 g/mol. The molecule has 1 unspecified atom stereocenters. The van der Waals surface area contributed by atoms with Crippen molar-refractivity contribution in [3.63, 3.8) is 0 Å². The number of halogens is 9. The number of aryl methyl sites for hydroxylation is 1. The summed E-state index contributed by atoms with van der Waals surface area (Å²) < 4.78 is 146. The van der Waals surface area contributed by atoms with Crippen molar-refractivity contribution in [1.82, 2.24) is 0 Å². The van der Waals surface area contributed by atoms with Crippen LogP contribution in [0.4, 0.5) is 39.5 Å². The van der Waals surface area contributed by atoms with Gasteiger partial charge in [-0.15, -0.1) is 13.2 Å². The molecular formula is C34H41F9N2O5. The fraction of sp³-hybridized carbons (Fsp3) is 0.559. The van der Waals surface area contributed by atoms with E-state index in [9.17, 15) is 44.3 Å². The van der Waals surface area contributed by atoms with Crippen molar-refractivity contribution in [2.24, 2.45) is 16.9 Å². The molecule has 0 aliphatic carbocycles. The lowest BCUT2D eigenvalue weighted by Gasteiger charge is -2.35. The first-order chi connectivity index (χ1) is 22.8. The summed E-state index contributed by atoms with van der Waals surface area (Å²) in [4.78, 5) is 12.5. The topological polar surface area (TPSA) is 110 Å². The second-order valence-electron chi connectivity index (χ2n) is 13.5. The maximum atomic E-state index is 14.6. The number of fused-ring (bicyclic) bond motifs is 1. The number of nitrogens with two attached hydrogens (primary N) is 2. The fourth-order valence-corrected chi connectivity index (χ4v) is 4.89. The molecule has 7 nitrogen and oxygen atoms in total. The van der Waals surface area contributed by atoms with Gasteiger partial charge in [0.2, 0.25) is 0 Å². The maximum absolute atomic E-state index is 14.6. The summed E-state index contributed by atoms with van der Waals surface area (Å²) in [6, 6.07) is 7.77. The average Bonchev–Trinajstić information content (AvgIpc) is 3.40. The van der Waals surface area contributed by atoms with Crippen molar-refractivity contribution in [1.29, 1.82) is 0 Å². The summed E-state index contributed by atoms with van der Waals surface area (Å²) in [5.74, 6) is -19.6. The number of rotatable bonds is 17. The van der Waals surface area contributed by atoms with Gasteiger partial charge in [0.25, 0.3) is 0 Å². The van der Waals surface area contributed by atoms with Crippen molar-refractivity contribution in [3.05, 3.63) is 48.0 Å². The first-order valence-electron chi connectivity index (χ1n) is 15.7. The van der Waals surface area contributed by atoms with E-state index in [0.29, 0.717) is 12.0 Å². The number of furan rings is 1. The Balaban J connectivity index is 1.76. The Kier molecular flexibility index (Phi) is 12.2. The van der Waals surface area contributed by atoms with E-state index in [0.717, 1.165) is 31.4 Å². The number of carbonyl (C=O) groups is 1. The minimum Gasteiger partial charge on any atom is -0.487 e. The third-order valence-electron chi connectivity index (χ3n) is 8.02. The number of ether oxygens (including phenoxy) is 3. The number of hydrogen-bond acceptors (Lipinski definition) is 7. The van der Waals surface area contributed by atoms with Gasteiger partial charge in [0.05, 0.1) is 11.0 Å². The van der Waals surface area contributed by atoms with Crippen molar-refractivity contribution < 1.29 is 62.9 Å². The highest BCUT2D eigenvalue weighted by atomic mass is 19.4. The summed E-state index contributed by atoms with van der Waals surface area (Å²) in [6.07, 6.45) is -1.99. The van der Waals surface area contributed by atoms with Gasteiger partial charge in [0.1, 0.15) is 22.8 Å². The van der Waals surface area contributed by atoms with Crippen molar-refractivity contribution in [2.75, 3.05) is 13.2 Å². The van der Waals surface area contributed by atoms with E-state index in [4.69, 9.17) is 20.6 Å². The standard InChI is InChI=1S/C34H41F9N2O5/c1-6-7-8-9-20-10-13-23(26(14-20)50-34(41,42)43)25-15-21-11-12-22(16-24(21)49-25)47-18-31(35,36)33(39,40)32(37,38)19-48-28(46)30(4,5)27(44)17-29(2,3)45/h10-16,27H,6-9,17-19,44-45H2,1-5H3. The van der Waals surface area contributed by atoms with Crippen LogP contribution in [0.3, 0.4) is 0 Å². The zero-order valence-electron chi connectivity index (χ0n) is 28.2. The second kappa shape index (κ2) is 14.9. The van der Waals surface area contributed by atoms with Crippen molar-refractivity contribution in [2.45, 2.75) is 102 Å². The first-order valence-corrected chi connectivity index (χ1v) is 15.7. The molecule has 0 saturated carbocycles. The van der Waals surface area contributed by atoms with Gasteiger partial charge in [-0.3, -0.25) is 4.79 Å². The monoisotopic (exact) mass is 728 g/mol. The number of esters is 1. The van der Waals surface area contributed by atoms with E-state index in [1.165, 1.54) is 38.1 Å². The van der Waals surface area contributed by atoms with Gasteiger partial charge in [-0.25, -0.2) is 0 Å². The number of unbranched alkanes of at least 4 members (excludes halogenated alkanes) is 2. The molecule has 4 N–H and O–H groups in total. The molecule has 1 aromatic heterocycles. The van der Waals surface area contributed by atoms with Gasteiger partial charge in [-0.2, -0.15) is 26.3 Å². The minimum absolute atomic E-state index is 0.0158. The highest BCUT2D eigenvalue weighted by molar-refractivity contribution is 5.85. The lowest BCUT2D eigenvalue weighted by Crippen LogP contribution is -2.59. The van der Waals surface area contributed by atoms with Crippen LogP contribution in [-0.2, 0) is 16.0 Å². The zero-order valence-corrected chi connectivity index (χ0v) is 28.2. The summed E-state index contributed by atoms with van der Waals surface area (Å²) in [5.41, 5.74) is 9.65. The number of benzene rings is 2. The molecule has 0 radical (unpaired) electrons. The Hall–Kier alpha value is -3.66. The van der Waals surface area contributed by atoms with Crippen LogP contribution in [-0.4, -0.2) is 54.9 Å². The van der Waals surface area contributed by atoms with Gasteiger partial charge in [0.15, 0.2) is 13.2 Å². The fourth-order valence-electron chi connectivity index (χ4n) is 4.89. The summed E-state index contributed by atoms with van der Waals surface area (Å²) in [6.45, 7) is 2.96. The lowest BCUT2D eigenvalue weighted by molar-refractivity contribution is -0.322. The molecule has 0 bridgehead atoms. The highest BCUT2D eigenvalue weighted by Gasteiger charge is 2.72. The molecule has 50 heavy (non-hydrogen) atoms. The molecule has 3 aromatic rings. The molecule has 0 spiro atoms. The molecule has 0 aliphatic heterocycles. The predicted octanol–water partition coefficient (Wildman–Crippen LogP) is 9.04. The zero-order chi connectivity index (χ0) is 37.9. The van der Waals surface area contributed by atoms with Crippen LogP contribution in [0.2, 0.25) is 0 Å². The van der Waals surface area contributed by atoms with E-state index in [-0.39, 0.29) is 28.7 Å². The summed E-state index contributed by atoms with van der Waals surface area (Å²) >= 11 is 0. The molecule has 1 heterocycles. The van der Waals surface area contributed by atoms with Gasteiger partial charge in [-0.1, -0.05) is 25.8 Å². The minimum atomic E-state index is -6.05. The first kappa shape index (κ1) is 40.8. The number of hydrogen-bond donors (Lipinski definition) is 2. The van der Waals surface area contributed by atoms with Crippen LogP contribution in [0.5, 0.6) is 11.5 Å². The molecule has 2 aromatic carbocycles. The van der Waals surface area contributed by atoms with Crippen LogP contribution < -0.4 is 20.9 Å². The molecule has 0 fully saturated rings. The summed E-state index contributed by atoms with van der Waals surface area (Å²) in [7, 11) is 0. The average molecular weight is 729 g/mol. The molecule has 16 heteroatoms. The summed E-state index contributed by atoms with van der Waals surface area (Å²) in [5, 5.41) is 0.264. The Morgan fingerprint density at radius 1 is 0.860 bits per heavy atom. The molecule has 3 rings (SSSR count). The molecule has 0 aliphatic rings. The largest absolute Gasteiger partial charge is 0.573 e. The maximum Gasteiger partial charge on any atom is 0.573 e. The van der Waals surface area contributed by atoms with E-state index in [2.05, 4.69) is 9.47 Å². The Morgan fingerprint density at radius 2 is 1.50 bits per heavy atom. The van der Waals surface area contributed by atoms with E-state index in [1.807, 2.05) is 6.92 Å². The second-order valence-corrected chi connectivity index (χ2v) is 13.5. The van der Waals surface area contributed by atoms with E-state index >= 15 is 0 Å². The highest BCUT2D eigenvalue weighted by Crippen LogP contribution is 2.47. The van der Waals surface area contributed by atoms with Gasteiger partial charge in [0, 0.05) is 23.0 Å².